The summed E-state index contributed by atoms with van der Waals surface area (Å²) < 4.78 is 10.4. The van der Waals surface area contributed by atoms with Crippen molar-refractivity contribution in [1.82, 2.24) is 4.90 Å². The van der Waals surface area contributed by atoms with Gasteiger partial charge in [-0.1, -0.05) is 54.1 Å². The molecule has 0 aliphatic rings. The van der Waals surface area contributed by atoms with Gasteiger partial charge in [0.15, 0.2) is 0 Å². The van der Waals surface area contributed by atoms with Crippen molar-refractivity contribution in [2.75, 3.05) is 40.5 Å². The van der Waals surface area contributed by atoms with Gasteiger partial charge in [0.2, 0.25) is 0 Å². The van der Waals surface area contributed by atoms with E-state index in [4.69, 9.17) is 9.47 Å². The fraction of sp³-hybridized carbons (Fsp3) is 0.400. The number of ether oxygens (including phenoxy) is 2. The molecule has 3 nitrogen and oxygen atoms in total. The number of aryl methyl sites for hydroxylation is 1. The molecule has 0 heterocycles. The van der Waals surface area contributed by atoms with E-state index in [-0.39, 0.29) is 0 Å². The first-order valence-corrected chi connectivity index (χ1v) is 8.09. The maximum absolute atomic E-state index is 5.20. The van der Waals surface area contributed by atoms with E-state index >= 15 is 0 Å². The van der Waals surface area contributed by atoms with Crippen LogP contribution >= 0.6 is 0 Å². The van der Waals surface area contributed by atoms with Crippen LogP contribution in [0.4, 0.5) is 0 Å². The highest BCUT2D eigenvalue weighted by Crippen LogP contribution is 2.21. The average Bonchev–Trinajstić information content (AvgIpc) is 2.58. The number of hydrogen-bond acceptors (Lipinski definition) is 3. The molecule has 0 bridgehead atoms. The lowest BCUT2D eigenvalue weighted by atomic mass is 10.0. The van der Waals surface area contributed by atoms with Gasteiger partial charge in [-0.3, -0.25) is 4.90 Å². The van der Waals surface area contributed by atoms with Crippen LogP contribution in [0.1, 0.15) is 11.1 Å². The largest absolute Gasteiger partial charge is 0.383 e. The van der Waals surface area contributed by atoms with Gasteiger partial charge in [0.1, 0.15) is 0 Å². The fourth-order valence-electron chi connectivity index (χ4n) is 2.60. The topological polar surface area (TPSA) is 21.7 Å². The molecule has 0 saturated carbocycles. The molecule has 0 aliphatic carbocycles. The Morgan fingerprint density at radius 1 is 0.826 bits per heavy atom. The van der Waals surface area contributed by atoms with Crippen molar-refractivity contribution in [1.29, 1.82) is 0 Å². The van der Waals surface area contributed by atoms with Gasteiger partial charge in [0.05, 0.1) is 13.2 Å². The first-order valence-electron chi connectivity index (χ1n) is 8.09. The van der Waals surface area contributed by atoms with Crippen LogP contribution in [-0.4, -0.2) is 45.4 Å². The molecule has 23 heavy (non-hydrogen) atoms. The monoisotopic (exact) mass is 313 g/mol. The van der Waals surface area contributed by atoms with Gasteiger partial charge in [0, 0.05) is 33.9 Å². The Labute approximate surface area is 139 Å². The summed E-state index contributed by atoms with van der Waals surface area (Å²) in [7, 11) is 3.48. The van der Waals surface area contributed by atoms with E-state index in [0.717, 1.165) is 32.8 Å². The molecule has 0 N–H and O–H groups in total. The molecule has 0 fully saturated rings. The van der Waals surface area contributed by atoms with Crippen molar-refractivity contribution in [3.05, 3.63) is 59.7 Å². The predicted octanol–water partition coefficient (Wildman–Crippen LogP) is 3.76. The van der Waals surface area contributed by atoms with Crippen LogP contribution < -0.4 is 0 Å². The SMILES string of the molecule is COCCN(CCOC)Cc1ccc(-c2cccc(C)c2)cc1. The third-order valence-corrected chi connectivity index (χ3v) is 3.93. The third kappa shape index (κ3) is 5.79. The zero-order valence-corrected chi connectivity index (χ0v) is 14.4. The lowest BCUT2D eigenvalue weighted by molar-refractivity contribution is 0.110. The van der Waals surface area contributed by atoms with Gasteiger partial charge in [-0.15, -0.1) is 0 Å². The number of nitrogens with zero attached hydrogens (tertiary/aromatic N) is 1. The Morgan fingerprint density at radius 2 is 1.48 bits per heavy atom. The maximum Gasteiger partial charge on any atom is 0.0589 e. The molecule has 0 aromatic heterocycles. The summed E-state index contributed by atoms with van der Waals surface area (Å²) in [5.74, 6) is 0. The number of hydrogen-bond donors (Lipinski definition) is 0. The van der Waals surface area contributed by atoms with Crippen LogP contribution in [0.5, 0.6) is 0 Å². The van der Waals surface area contributed by atoms with E-state index in [1.54, 1.807) is 14.2 Å². The zero-order valence-electron chi connectivity index (χ0n) is 14.4. The molecule has 0 radical (unpaired) electrons. The van der Waals surface area contributed by atoms with E-state index in [1.807, 2.05) is 0 Å². The van der Waals surface area contributed by atoms with Crippen molar-refractivity contribution in [2.45, 2.75) is 13.5 Å². The molecule has 0 aliphatic heterocycles. The van der Waals surface area contributed by atoms with Crippen LogP contribution in [-0.2, 0) is 16.0 Å². The van der Waals surface area contributed by atoms with Gasteiger partial charge in [-0.05, 0) is 23.6 Å². The van der Waals surface area contributed by atoms with Gasteiger partial charge in [-0.25, -0.2) is 0 Å². The van der Waals surface area contributed by atoms with Gasteiger partial charge >= 0.3 is 0 Å². The molecular weight excluding hydrogens is 286 g/mol. The molecule has 124 valence electrons. The molecule has 2 rings (SSSR count). The van der Waals surface area contributed by atoms with E-state index < -0.39 is 0 Å². The number of rotatable bonds is 9. The summed E-state index contributed by atoms with van der Waals surface area (Å²) in [6.45, 7) is 6.36. The second-order valence-electron chi connectivity index (χ2n) is 5.83. The molecule has 0 spiro atoms. The molecule has 0 saturated heterocycles. The summed E-state index contributed by atoms with van der Waals surface area (Å²) in [6.07, 6.45) is 0. The minimum atomic E-state index is 0.741. The number of methoxy groups -OCH3 is 2. The average molecular weight is 313 g/mol. The van der Waals surface area contributed by atoms with Crippen LogP contribution in [0.25, 0.3) is 11.1 Å². The Bertz CT molecular complexity index is 572. The van der Waals surface area contributed by atoms with E-state index in [0.29, 0.717) is 0 Å². The molecular formula is C20H27NO2. The summed E-state index contributed by atoms with van der Waals surface area (Å²) in [5, 5.41) is 0. The zero-order chi connectivity index (χ0) is 16.5. The van der Waals surface area contributed by atoms with Crippen molar-refractivity contribution in [2.24, 2.45) is 0 Å². The van der Waals surface area contributed by atoms with Crippen molar-refractivity contribution in [3.8, 4) is 11.1 Å². The summed E-state index contributed by atoms with van der Waals surface area (Å²) in [5.41, 5.74) is 5.13. The van der Waals surface area contributed by atoms with Crippen molar-refractivity contribution >= 4 is 0 Å². The molecule has 0 unspecified atom stereocenters. The van der Waals surface area contributed by atoms with Gasteiger partial charge in [0.25, 0.3) is 0 Å². The van der Waals surface area contributed by atoms with E-state index in [1.165, 1.54) is 22.3 Å². The van der Waals surface area contributed by atoms with E-state index in [9.17, 15) is 0 Å². The lowest BCUT2D eigenvalue weighted by Crippen LogP contribution is -2.30. The fourth-order valence-corrected chi connectivity index (χ4v) is 2.60. The molecule has 0 amide bonds. The quantitative estimate of drug-likeness (QED) is 0.703. The maximum atomic E-state index is 5.20. The minimum absolute atomic E-state index is 0.741. The Morgan fingerprint density at radius 3 is 2.04 bits per heavy atom. The number of benzene rings is 2. The van der Waals surface area contributed by atoms with Crippen LogP contribution in [0.15, 0.2) is 48.5 Å². The lowest BCUT2D eigenvalue weighted by Gasteiger charge is -2.21. The standard InChI is InChI=1S/C20H27NO2/c1-17-5-4-6-20(15-17)19-9-7-18(8-10-19)16-21(11-13-22-2)12-14-23-3/h4-10,15H,11-14,16H2,1-3H3. The van der Waals surface area contributed by atoms with Crippen molar-refractivity contribution in [3.63, 3.8) is 0 Å². The highest BCUT2D eigenvalue weighted by atomic mass is 16.5. The second-order valence-corrected chi connectivity index (χ2v) is 5.83. The van der Waals surface area contributed by atoms with Gasteiger partial charge < -0.3 is 9.47 Å². The normalized spacial score (nSPS) is 11.1. The molecule has 0 atom stereocenters. The third-order valence-electron chi connectivity index (χ3n) is 3.93. The Kier molecular flexibility index (Phi) is 7.27. The first kappa shape index (κ1) is 17.7. The molecule has 2 aromatic carbocycles. The molecule has 3 heteroatoms. The smallest absolute Gasteiger partial charge is 0.0589 e. The van der Waals surface area contributed by atoms with Crippen LogP contribution in [0.2, 0.25) is 0 Å². The highest BCUT2D eigenvalue weighted by molar-refractivity contribution is 5.64. The summed E-state index contributed by atoms with van der Waals surface area (Å²) in [4.78, 5) is 2.36. The summed E-state index contributed by atoms with van der Waals surface area (Å²) in [6, 6.07) is 17.4. The summed E-state index contributed by atoms with van der Waals surface area (Å²) >= 11 is 0. The minimum Gasteiger partial charge on any atom is -0.383 e. The first-order chi connectivity index (χ1) is 11.2. The Hall–Kier alpha value is -1.68. The second kappa shape index (κ2) is 9.46. The van der Waals surface area contributed by atoms with Crippen molar-refractivity contribution < 1.29 is 9.47 Å². The Balaban J connectivity index is 2.02. The van der Waals surface area contributed by atoms with Crippen LogP contribution in [0, 0.1) is 6.92 Å². The highest BCUT2D eigenvalue weighted by Gasteiger charge is 2.06. The van der Waals surface area contributed by atoms with Gasteiger partial charge in [-0.2, -0.15) is 0 Å². The molecule has 2 aromatic rings. The van der Waals surface area contributed by atoms with E-state index in [2.05, 4.69) is 60.4 Å². The predicted molar refractivity (Wildman–Crippen MR) is 95.6 cm³/mol. The van der Waals surface area contributed by atoms with Crippen LogP contribution in [0.3, 0.4) is 0 Å².